The van der Waals surface area contributed by atoms with Gasteiger partial charge in [0, 0.05) is 18.0 Å². The predicted molar refractivity (Wildman–Crippen MR) is 105 cm³/mol. The minimum atomic E-state index is -0.716. The van der Waals surface area contributed by atoms with Crippen molar-refractivity contribution in [3.63, 3.8) is 0 Å². The summed E-state index contributed by atoms with van der Waals surface area (Å²) in [5.74, 6) is -1.37. The van der Waals surface area contributed by atoms with E-state index >= 15 is 0 Å². The van der Waals surface area contributed by atoms with Crippen LogP contribution in [0.3, 0.4) is 0 Å². The molecule has 0 saturated carbocycles. The van der Waals surface area contributed by atoms with E-state index in [2.05, 4.69) is 5.32 Å². The lowest BCUT2D eigenvalue weighted by Gasteiger charge is -2.14. The van der Waals surface area contributed by atoms with E-state index in [0.717, 1.165) is 5.56 Å². The highest BCUT2D eigenvalue weighted by Gasteiger charge is 2.21. The number of hydrogen-bond acceptors (Lipinski definition) is 5. The predicted octanol–water partition coefficient (Wildman–Crippen LogP) is 2.82. The molecule has 142 valence electrons. The number of rotatable bonds is 4. The summed E-state index contributed by atoms with van der Waals surface area (Å²) in [6, 6.07) is 16.1. The van der Waals surface area contributed by atoms with E-state index in [9.17, 15) is 14.4 Å². The molecule has 1 heterocycles. The lowest BCUT2D eigenvalue weighted by molar-refractivity contribution is -0.123. The first-order valence-corrected chi connectivity index (χ1v) is 8.64. The maximum absolute atomic E-state index is 12.8. The largest absolute Gasteiger partial charge is 0.452 e. The Morgan fingerprint density at radius 3 is 2.39 bits per heavy atom. The molecule has 7 nitrogen and oxygen atoms in total. The van der Waals surface area contributed by atoms with Crippen molar-refractivity contribution in [2.75, 3.05) is 13.7 Å². The summed E-state index contributed by atoms with van der Waals surface area (Å²) in [6.07, 6.45) is 0. The maximum atomic E-state index is 12.8. The van der Waals surface area contributed by atoms with E-state index in [1.165, 1.54) is 7.05 Å². The molecule has 0 fully saturated rings. The van der Waals surface area contributed by atoms with Gasteiger partial charge in [0.15, 0.2) is 6.61 Å². The zero-order valence-electron chi connectivity index (χ0n) is 15.5. The second kappa shape index (κ2) is 8.30. The molecule has 0 aliphatic rings. The van der Waals surface area contributed by atoms with Gasteiger partial charge in [-0.2, -0.15) is 0 Å². The highest BCUT2D eigenvalue weighted by Crippen LogP contribution is 2.30. The van der Waals surface area contributed by atoms with E-state index in [-0.39, 0.29) is 0 Å². The number of esters is 1. The van der Waals surface area contributed by atoms with Crippen molar-refractivity contribution in [2.24, 2.45) is 0 Å². The van der Waals surface area contributed by atoms with Crippen molar-refractivity contribution in [1.29, 1.82) is 0 Å². The maximum Gasteiger partial charge on any atom is 0.339 e. The van der Waals surface area contributed by atoms with Gasteiger partial charge in [-0.05, 0) is 18.6 Å². The minimum Gasteiger partial charge on any atom is -0.452 e. The molecule has 2 N–H and O–H groups in total. The zero-order valence-corrected chi connectivity index (χ0v) is 15.5. The van der Waals surface area contributed by atoms with Gasteiger partial charge < -0.3 is 10.1 Å². The number of carbonyl (C=O) groups is 3. The first-order chi connectivity index (χ1) is 13.5. The Kier molecular flexibility index (Phi) is 5.64. The van der Waals surface area contributed by atoms with Gasteiger partial charge in [-0.25, -0.2) is 14.6 Å². The van der Waals surface area contributed by atoms with Gasteiger partial charge in [0.1, 0.15) is 0 Å². The van der Waals surface area contributed by atoms with Crippen LogP contribution < -0.4 is 10.6 Å². The van der Waals surface area contributed by atoms with Gasteiger partial charge >= 0.3 is 12.0 Å². The number of pyridine rings is 1. The quantitative estimate of drug-likeness (QED) is 0.682. The standard InChI is InChI=1S/C21H19N3O4/c1-13-18(20(26)28-12-17(25)24-21(27)22-2)15-10-6-7-11-16(15)23-19(13)14-8-4-3-5-9-14/h3-11H,12H2,1-2H3,(H2,22,24,25,27). The highest BCUT2D eigenvalue weighted by atomic mass is 16.5. The monoisotopic (exact) mass is 377 g/mol. The van der Waals surface area contributed by atoms with Crippen LogP contribution in [0, 0.1) is 6.92 Å². The topological polar surface area (TPSA) is 97.4 Å². The normalized spacial score (nSPS) is 10.4. The van der Waals surface area contributed by atoms with Crippen LogP contribution in [0.25, 0.3) is 22.2 Å². The molecule has 0 bridgehead atoms. The molecule has 3 rings (SSSR count). The summed E-state index contributed by atoms with van der Waals surface area (Å²) in [6.45, 7) is 1.23. The first-order valence-electron chi connectivity index (χ1n) is 8.64. The van der Waals surface area contributed by atoms with E-state index in [4.69, 9.17) is 9.72 Å². The molecule has 3 amide bonds. The number of para-hydroxylation sites is 1. The van der Waals surface area contributed by atoms with Gasteiger partial charge in [-0.15, -0.1) is 0 Å². The fraction of sp³-hybridized carbons (Fsp3) is 0.143. The number of fused-ring (bicyclic) bond motifs is 1. The average molecular weight is 377 g/mol. The second-order valence-electron chi connectivity index (χ2n) is 6.05. The first kappa shape index (κ1) is 19.0. The van der Waals surface area contributed by atoms with Gasteiger partial charge in [-0.1, -0.05) is 48.5 Å². The highest BCUT2D eigenvalue weighted by molar-refractivity contribution is 6.07. The van der Waals surface area contributed by atoms with Gasteiger partial charge in [-0.3, -0.25) is 10.1 Å². The number of hydrogen-bond donors (Lipinski definition) is 2. The lowest BCUT2D eigenvalue weighted by Crippen LogP contribution is -2.39. The van der Waals surface area contributed by atoms with E-state index in [0.29, 0.717) is 27.7 Å². The molecular formula is C21H19N3O4. The smallest absolute Gasteiger partial charge is 0.339 e. The van der Waals surface area contributed by atoms with Crippen molar-refractivity contribution in [1.82, 2.24) is 15.6 Å². The minimum absolute atomic E-state index is 0.345. The number of nitrogens with one attached hydrogen (secondary N) is 2. The molecule has 0 spiro atoms. The Balaban J connectivity index is 1.97. The Morgan fingerprint density at radius 1 is 1.00 bits per heavy atom. The molecule has 7 heteroatoms. The van der Waals surface area contributed by atoms with Crippen LogP contribution in [0.15, 0.2) is 54.6 Å². The number of urea groups is 1. The Hall–Kier alpha value is -3.74. The number of nitrogens with zero attached hydrogens (tertiary/aromatic N) is 1. The van der Waals surface area contributed by atoms with E-state index < -0.39 is 24.5 Å². The summed E-state index contributed by atoms with van der Waals surface area (Å²) in [7, 11) is 1.38. The Labute approximate surface area is 161 Å². The van der Waals surface area contributed by atoms with Crippen molar-refractivity contribution in [3.8, 4) is 11.3 Å². The summed E-state index contributed by atoms with van der Waals surface area (Å²) < 4.78 is 5.16. The van der Waals surface area contributed by atoms with Crippen molar-refractivity contribution in [2.45, 2.75) is 6.92 Å². The fourth-order valence-electron chi connectivity index (χ4n) is 2.88. The van der Waals surface area contributed by atoms with Crippen molar-refractivity contribution < 1.29 is 19.1 Å². The second-order valence-corrected chi connectivity index (χ2v) is 6.05. The van der Waals surface area contributed by atoms with Crippen LogP contribution in [0.2, 0.25) is 0 Å². The summed E-state index contributed by atoms with van der Waals surface area (Å²) >= 11 is 0. The molecule has 0 unspecified atom stereocenters. The molecule has 0 saturated heterocycles. The number of aromatic nitrogens is 1. The molecule has 0 atom stereocenters. The number of ether oxygens (including phenoxy) is 1. The Bertz CT molecular complexity index is 1050. The van der Waals surface area contributed by atoms with Gasteiger partial charge in [0.05, 0.1) is 16.8 Å². The van der Waals surface area contributed by atoms with Crippen molar-refractivity contribution >= 4 is 28.8 Å². The summed E-state index contributed by atoms with van der Waals surface area (Å²) in [5, 5.41) is 4.94. The molecule has 0 aliphatic heterocycles. The van der Waals surface area contributed by atoms with Gasteiger partial charge in [0.2, 0.25) is 0 Å². The molecule has 0 aliphatic carbocycles. The number of benzene rings is 2. The van der Waals surface area contributed by atoms with Gasteiger partial charge in [0.25, 0.3) is 5.91 Å². The zero-order chi connectivity index (χ0) is 20.1. The molecule has 3 aromatic rings. The van der Waals surface area contributed by atoms with Crippen LogP contribution in [-0.4, -0.2) is 36.5 Å². The van der Waals surface area contributed by atoms with Crippen LogP contribution in [0.1, 0.15) is 15.9 Å². The molecule has 1 aromatic heterocycles. The van der Waals surface area contributed by atoms with E-state index in [1.54, 1.807) is 19.1 Å². The SMILES string of the molecule is CNC(=O)NC(=O)COC(=O)c1c(C)c(-c2ccccc2)nc2ccccc12. The third kappa shape index (κ3) is 3.98. The van der Waals surface area contributed by atoms with Crippen LogP contribution in [-0.2, 0) is 9.53 Å². The van der Waals surface area contributed by atoms with Crippen LogP contribution in [0.4, 0.5) is 4.79 Å². The lowest BCUT2D eigenvalue weighted by atomic mass is 9.98. The molecule has 0 radical (unpaired) electrons. The third-order valence-corrected chi connectivity index (χ3v) is 4.20. The molecular weight excluding hydrogens is 358 g/mol. The summed E-state index contributed by atoms with van der Waals surface area (Å²) in [5.41, 5.74) is 3.19. The van der Waals surface area contributed by atoms with Crippen molar-refractivity contribution in [3.05, 3.63) is 65.7 Å². The average Bonchev–Trinajstić information content (AvgIpc) is 2.72. The van der Waals surface area contributed by atoms with Crippen LogP contribution in [0.5, 0.6) is 0 Å². The number of carbonyl (C=O) groups excluding carboxylic acids is 3. The molecule has 2 aromatic carbocycles. The fourth-order valence-corrected chi connectivity index (χ4v) is 2.88. The molecule has 28 heavy (non-hydrogen) atoms. The Morgan fingerprint density at radius 2 is 1.68 bits per heavy atom. The summed E-state index contributed by atoms with van der Waals surface area (Å²) in [4.78, 5) is 40.4. The number of imide groups is 1. The third-order valence-electron chi connectivity index (χ3n) is 4.20. The van der Waals surface area contributed by atoms with E-state index in [1.807, 2.05) is 47.8 Å². The number of amides is 3. The van der Waals surface area contributed by atoms with Crippen LogP contribution >= 0.6 is 0 Å².